The first-order valence-corrected chi connectivity index (χ1v) is 4.26. The standard InChI is InChI=1S/C7H11NO2S/c1-3-4-5-6(10-2)8-7(9)11-5/h3,5-6H,1,4H2,2H3,(H,8,9)/t5-,6+/m0/s1. The summed E-state index contributed by atoms with van der Waals surface area (Å²) in [7, 11) is 1.59. The zero-order chi connectivity index (χ0) is 8.27. The van der Waals surface area contributed by atoms with E-state index >= 15 is 0 Å². The molecule has 11 heavy (non-hydrogen) atoms. The second-order valence-electron chi connectivity index (χ2n) is 2.27. The fourth-order valence-electron chi connectivity index (χ4n) is 0.989. The molecule has 0 aromatic carbocycles. The molecule has 0 radical (unpaired) electrons. The minimum atomic E-state index is -0.148. The Morgan fingerprint density at radius 2 is 2.64 bits per heavy atom. The van der Waals surface area contributed by atoms with Gasteiger partial charge >= 0.3 is 0 Å². The lowest BCUT2D eigenvalue weighted by Gasteiger charge is -2.13. The zero-order valence-electron chi connectivity index (χ0n) is 6.37. The van der Waals surface area contributed by atoms with E-state index < -0.39 is 0 Å². The number of allylic oxidation sites excluding steroid dienone is 1. The number of carbonyl (C=O) groups excluding carboxylic acids is 1. The summed E-state index contributed by atoms with van der Waals surface area (Å²) in [5.74, 6) is 0. The lowest BCUT2D eigenvalue weighted by atomic mass is 10.3. The summed E-state index contributed by atoms with van der Waals surface area (Å²) in [5, 5.41) is 2.87. The van der Waals surface area contributed by atoms with E-state index in [1.54, 1.807) is 13.2 Å². The molecule has 4 heteroatoms. The van der Waals surface area contributed by atoms with Gasteiger partial charge in [0, 0.05) is 7.11 Å². The Balaban J connectivity index is 2.49. The van der Waals surface area contributed by atoms with Crippen LogP contribution in [-0.4, -0.2) is 23.8 Å². The van der Waals surface area contributed by atoms with Crippen molar-refractivity contribution in [2.45, 2.75) is 17.9 Å². The third-order valence-electron chi connectivity index (χ3n) is 1.51. The van der Waals surface area contributed by atoms with Crippen molar-refractivity contribution in [2.75, 3.05) is 7.11 Å². The van der Waals surface area contributed by atoms with E-state index in [4.69, 9.17) is 4.74 Å². The van der Waals surface area contributed by atoms with Crippen LogP contribution in [0.3, 0.4) is 0 Å². The summed E-state index contributed by atoms with van der Waals surface area (Å²) in [6.45, 7) is 3.61. The van der Waals surface area contributed by atoms with Crippen molar-refractivity contribution in [1.82, 2.24) is 5.32 Å². The van der Waals surface area contributed by atoms with Crippen LogP contribution in [0.4, 0.5) is 4.79 Å². The molecule has 0 spiro atoms. The highest BCUT2D eigenvalue weighted by Gasteiger charge is 2.31. The van der Waals surface area contributed by atoms with Gasteiger partial charge in [0.25, 0.3) is 5.24 Å². The fourth-order valence-corrected chi connectivity index (χ4v) is 1.98. The van der Waals surface area contributed by atoms with E-state index in [2.05, 4.69) is 11.9 Å². The number of hydrogen-bond donors (Lipinski definition) is 1. The van der Waals surface area contributed by atoms with Crippen LogP contribution in [0.1, 0.15) is 6.42 Å². The van der Waals surface area contributed by atoms with Gasteiger partial charge in [0.15, 0.2) is 0 Å². The predicted molar refractivity (Wildman–Crippen MR) is 45.5 cm³/mol. The largest absolute Gasteiger partial charge is 0.361 e. The molecule has 0 aliphatic carbocycles. The predicted octanol–water partition coefficient (Wildman–Crippen LogP) is 1.36. The van der Waals surface area contributed by atoms with Crippen molar-refractivity contribution in [1.29, 1.82) is 0 Å². The highest BCUT2D eigenvalue weighted by molar-refractivity contribution is 8.14. The number of thioether (sulfide) groups is 1. The van der Waals surface area contributed by atoms with Gasteiger partial charge in [0.2, 0.25) is 0 Å². The highest BCUT2D eigenvalue weighted by atomic mass is 32.2. The lowest BCUT2D eigenvalue weighted by molar-refractivity contribution is 0.0886. The van der Waals surface area contributed by atoms with Crippen molar-refractivity contribution in [3.05, 3.63) is 12.7 Å². The molecule has 1 heterocycles. The number of hydrogen-bond acceptors (Lipinski definition) is 3. The quantitative estimate of drug-likeness (QED) is 0.655. The SMILES string of the molecule is C=CC[C@@H]1SC(=O)N[C@@H]1OC. The first-order valence-electron chi connectivity index (χ1n) is 3.38. The van der Waals surface area contributed by atoms with E-state index in [1.807, 2.05) is 0 Å². The molecule has 1 N–H and O–H groups in total. The van der Waals surface area contributed by atoms with Crippen molar-refractivity contribution in [3.8, 4) is 0 Å². The molecule has 1 amide bonds. The molecule has 1 fully saturated rings. The van der Waals surface area contributed by atoms with Crippen LogP contribution < -0.4 is 5.32 Å². The number of rotatable bonds is 3. The molecule has 0 aromatic heterocycles. The van der Waals surface area contributed by atoms with E-state index in [0.29, 0.717) is 0 Å². The van der Waals surface area contributed by atoms with Gasteiger partial charge in [0.05, 0.1) is 5.25 Å². The van der Waals surface area contributed by atoms with Crippen LogP contribution in [0.2, 0.25) is 0 Å². The van der Waals surface area contributed by atoms with Crippen molar-refractivity contribution in [3.63, 3.8) is 0 Å². The number of carbonyl (C=O) groups is 1. The van der Waals surface area contributed by atoms with Gasteiger partial charge in [-0.3, -0.25) is 4.79 Å². The molecule has 62 valence electrons. The molecular formula is C7H11NO2S. The van der Waals surface area contributed by atoms with Crippen LogP contribution in [0.25, 0.3) is 0 Å². The molecule has 2 atom stereocenters. The third-order valence-corrected chi connectivity index (χ3v) is 2.58. The summed E-state index contributed by atoms with van der Waals surface area (Å²) in [5.41, 5.74) is 0. The maximum absolute atomic E-state index is 10.8. The summed E-state index contributed by atoms with van der Waals surface area (Å²) < 4.78 is 5.05. The summed E-state index contributed by atoms with van der Waals surface area (Å²) in [4.78, 5) is 10.8. The molecule has 3 nitrogen and oxygen atoms in total. The van der Waals surface area contributed by atoms with Crippen molar-refractivity contribution >= 4 is 17.0 Å². The van der Waals surface area contributed by atoms with Crippen LogP contribution >= 0.6 is 11.8 Å². The van der Waals surface area contributed by atoms with Gasteiger partial charge in [-0.2, -0.15) is 0 Å². The molecule has 1 aliphatic heterocycles. The molecule has 0 saturated carbocycles. The van der Waals surface area contributed by atoms with E-state index in [1.165, 1.54) is 11.8 Å². The number of ether oxygens (including phenoxy) is 1. The smallest absolute Gasteiger partial charge is 0.281 e. The summed E-state index contributed by atoms with van der Waals surface area (Å²) >= 11 is 1.28. The number of nitrogens with one attached hydrogen (secondary N) is 1. The molecule has 1 saturated heterocycles. The number of methoxy groups -OCH3 is 1. The van der Waals surface area contributed by atoms with E-state index in [9.17, 15) is 4.79 Å². The topological polar surface area (TPSA) is 38.3 Å². The van der Waals surface area contributed by atoms with Crippen LogP contribution in [0.15, 0.2) is 12.7 Å². The number of amides is 1. The zero-order valence-corrected chi connectivity index (χ0v) is 7.19. The Labute approximate surface area is 70.2 Å². The lowest BCUT2D eigenvalue weighted by Crippen LogP contribution is -2.32. The van der Waals surface area contributed by atoms with Gasteiger partial charge in [-0.05, 0) is 6.42 Å². The average Bonchev–Trinajstić information content (AvgIpc) is 2.32. The molecule has 0 bridgehead atoms. The van der Waals surface area contributed by atoms with Crippen LogP contribution in [-0.2, 0) is 4.74 Å². The Bertz CT molecular complexity index is 172. The Morgan fingerprint density at radius 1 is 1.91 bits per heavy atom. The van der Waals surface area contributed by atoms with Crippen LogP contribution in [0, 0.1) is 0 Å². The molecule has 0 aromatic rings. The first kappa shape index (κ1) is 8.62. The Morgan fingerprint density at radius 3 is 3.18 bits per heavy atom. The monoisotopic (exact) mass is 173 g/mol. The van der Waals surface area contributed by atoms with Crippen molar-refractivity contribution in [2.24, 2.45) is 0 Å². The molecule has 0 unspecified atom stereocenters. The molecule has 1 rings (SSSR count). The Kier molecular flexibility index (Phi) is 2.96. The van der Waals surface area contributed by atoms with E-state index in [0.717, 1.165) is 6.42 Å². The van der Waals surface area contributed by atoms with Crippen LogP contribution in [0.5, 0.6) is 0 Å². The minimum Gasteiger partial charge on any atom is -0.361 e. The van der Waals surface area contributed by atoms with Gasteiger partial charge < -0.3 is 10.1 Å². The molecular weight excluding hydrogens is 162 g/mol. The minimum absolute atomic E-state index is 0.0105. The van der Waals surface area contributed by atoms with Crippen molar-refractivity contribution < 1.29 is 9.53 Å². The van der Waals surface area contributed by atoms with Gasteiger partial charge in [-0.15, -0.1) is 6.58 Å². The van der Waals surface area contributed by atoms with Gasteiger partial charge in [-0.25, -0.2) is 0 Å². The first-order chi connectivity index (χ1) is 5.27. The normalized spacial score (nSPS) is 30.1. The highest BCUT2D eigenvalue weighted by Crippen LogP contribution is 2.26. The second-order valence-corrected chi connectivity index (χ2v) is 3.48. The van der Waals surface area contributed by atoms with Gasteiger partial charge in [0.1, 0.15) is 6.23 Å². The third kappa shape index (κ3) is 1.97. The fraction of sp³-hybridized carbons (Fsp3) is 0.571. The second kappa shape index (κ2) is 3.78. The Hall–Kier alpha value is -0.480. The van der Waals surface area contributed by atoms with E-state index in [-0.39, 0.29) is 16.7 Å². The summed E-state index contributed by atoms with van der Waals surface area (Å²) in [6, 6.07) is 0. The average molecular weight is 173 g/mol. The maximum atomic E-state index is 10.8. The van der Waals surface area contributed by atoms with Gasteiger partial charge in [-0.1, -0.05) is 17.8 Å². The summed E-state index contributed by atoms with van der Waals surface area (Å²) in [6.07, 6.45) is 2.44. The maximum Gasteiger partial charge on any atom is 0.281 e. The molecule has 1 aliphatic rings.